The summed E-state index contributed by atoms with van der Waals surface area (Å²) in [5.74, 6) is 0.724. The predicted octanol–water partition coefficient (Wildman–Crippen LogP) is 2.85. The molecule has 1 aromatic carbocycles. The number of nitrogens with one attached hydrogen (secondary N) is 1. The van der Waals surface area contributed by atoms with Gasteiger partial charge in [0.05, 0.1) is 17.2 Å². The molecule has 3 rings (SSSR count). The molecule has 2 aromatic heterocycles. The van der Waals surface area contributed by atoms with Crippen LogP contribution in [0, 0.1) is 0 Å². The lowest BCUT2D eigenvalue weighted by Crippen LogP contribution is -2.26. The third kappa shape index (κ3) is 4.73. The normalized spacial score (nSPS) is 11.7. The average Bonchev–Trinajstić information content (AvgIpc) is 3.25. The van der Waals surface area contributed by atoms with Crippen LogP contribution in [-0.2, 0) is 23.0 Å². The van der Waals surface area contributed by atoms with Crippen molar-refractivity contribution in [2.75, 3.05) is 5.75 Å². The molecule has 0 fully saturated rings. The summed E-state index contributed by atoms with van der Waals surface area (Å²) in [5, 5.41) is 9.70. The van der Waals surface area contributed by atoms with E-state index in [1.54, 1.807) is 0 Å². The minimum atomic E-state index is -3.37. The van der Waals surface area contributed by atoms with Crippen LogP contribution in [0.5, 0.6) is 0 Å². The second-order valence-corrected chi connectivity index (χ2v) is 8.08. The molecule has 1 N–H and O–H groups in total. The van der Waals surface area contributed by atoms with Crippen LogP contribution in [0.15, 0.2) is 52.3 Å². The van der Waals surface area contributed by atoms with E-state index in [9.17, 15) is 8.42 Å². The molecule has 0 radical (unpaired) electrons. The molecule has 0 atom stereocenters. The lowest BCUT2D eigenvalue weighted by Gasteiger charge is -2.04. The SMILES string of the molecule is O=S(=O)(CCCc1ccccc1)NCc1nnc(-c2cccs2)o1. The zero-order valence-electron chi connectivity index (χ0n) is 12.9. The number of benzene rings is 1. The molecule has 0 spiro atoms. The zero-order valence-corrected chi connectivity index (χ0v) is 14.5. The largest absolute Gasteiger partial charge is 0.418 e. The summed E-state index contributed by atoms with van der Waals surface area (Å²) < 4.78 is 32.0. The zero-order chi connectivity index (χ0) is 16.8. The van der Waals surface area contributed by atoms with E-state index in [0.29, 0.717) is 12.3 Å². The molecular formula is C16H17N3O3S2. The molecule has 0 aliphatic rings. The summed E-state index contributed by atoms with van der Waals surface area (Å²) in [6.07, 6.45) is 1.29. The molecule has 0 saturated carbocycles. The van der Waals surface area contributed by atoms with Crippen LogP contribution < -0.4 is 4.72 Å². The second kappa shape index (κ2) is 7.69. The fourth-order valence-corrected chi connectivity index (χ4v) is 3.84. The van der Waals surface area contributed by atoms with Gasteiger partial charge in [0.1, 0.15) is 0 Å². The third-order valence-corrected chi connectivity index (χ3v) is 5.63. The Morgan fingerprint density at radius 2 is 1.92 bits per heavy atom. The highest BCUT2D eigenvalue weighted by molar-refractivity contribution is 7.89. The monoisotopic (exact) mass is 363 g/mol. The third-order valence-electron chi connectivity index (χ3n) is 3.36. The van der Waals surface area contributed by atoms with Gasteiger partial charge in [0.25, 0.3) is 5.89 Å². The highest BCUT2D eigenvalue weighted by Crippen LogP contribution is 2.22. The first-order valence-electron chi connectivity index (χ1n) is 7.50. The van der Waals surface area contributed by atoms with Gasteiger partial charge < -0.3 is 4.42 Å². The summed E-state index contributed by atoms with van der Waals surface area (Å²) in [7, 11) is -3.37. The van der Waals surface area contributed by atoms with Gasteiger partial charge in [-0.3, -0.25) is 0 Å². The Morgan fingerprint density at radius 3 is 2.67 bits per heavy atom. The van der Waals surface area contributed by atoms with Gasteiger partial charge in [-0.05, 0) is 29.9 Å². The predicted molar refractivity (Wildman–Crippen MR) is 93.0 cm³/mol. The standard InChI is InChI=1S/C16H17N3O3S2/c20-24(21,11-5-8-13-6-2-1-3-7-13)17-12-15-18-19-16(22-15)14-9-4-10-23-14/h1-4,6-7,9-10,17H,5,8,11-12H2. The summed E-state index contributed by atoms with van der Waals surface area (Å²) in [6, 6.07) is 13.6. The van der Waals surface area contributed by atoms with E-state index in [0.717, 1.165) is 16.9 Å². The van der Waals surface area contributed by atoms with Crippen molar-refractivity contribution in [2.24, 2.45) is 0 Å². The molecular weight excluding hydrogens is 346 g/mol. The van der Waals surface area contributed by atoms with Crippen molar-refractivity contribution in [2.45, 2.75) is 19.4 Å². The van der Waals surface area contributed by atoms with E-state index in [1.807, 2.05) is 47.8 Å². The van der Waals surface area contributed by atoms with Crippen LogP contribution >= 0.6 is 11.3 Å². The Kier molecular flexibility index (Phi) is 5.39. The number of aryl methyl sites for hydroxylation is 1. The van der Waals surface area contributed by atoms with E-state index in [-0.39, 0.29) is 18.2 Å². The molecule has 0 aliphatic carbocycles. The lowest BCUT2D eigenvalue weighted by molar-refractivity contribution is 0.494. The summed E-state index contributed by atoms with van der Waals surface area (Å²) in [6.45, 7) is 0.00600. The van der Waals surface area contributed by atoms with E-state index < -0.39 is 10.0 Å². The Hall–Kier alpha value is -2.03. The molecule has 0 aliphatic heterocycles. The van der Waals surface area contributed by atoms with Crippen molar-refractivity contribution < 1.29 is 12.8 Å². The first kappa shape index (κ1) is 16.8. The Labute approximate surface area is 144 Å². The van der Waals surface area contributed by atoms with Gasteiger partial charge in [0.15, 0.2) is 0 Å². The van der Waals surface area contributed by atoms with Gasteiger partial charge >= 0.3 is 0 Å². The maximum atomic E-state index is 12.0. The molecule has 2 heterocycles. The highest BCUT2D eigenvalue weighted by Gasteiger charge is 2.14. The molecule has 3 aromatic rings. The maximum absolute atomic E-state index is 12.0. The topological polar surface area (TPSA) is 85.1 Å². The number of nitrogens with zero attached hydrogens (tertiary/aromatic N) is 2. The molecule has 6 nitrogen and oxygen atoms in total. The molecule has 126 valence electrons. The minimum absolute atomic E-state index is 0.00600. The van der Waals surface area contributed by atoms with Gasteiger partial charge in [-0.2, -0.15) is 0 Å². The first-order chi connectivity index (χ1) is 11.6. The van der Waals surface area contributed by atoms with Crippen molar-refractivity contribution in [3.63, 3.8) is 0 Å². The quantitative estimate of drug-likeness (QED) is 0.665. The first-order valence-corrected chi connectivity index (χ1v) is 10.0. The van der Waals surface area contributed by atoms with Crippen LogP contribution in [0.3, 0.4) is 0 Å². The number of hydrogen-bond donors (Lipinski definition) is 1. The molecule has 24 heavy (non-hydrogen) atoms. The Morgan fingerprint density at radius 1 is 1.08 bits per heavy atom. The number of thiophene rings is 1. The van der Waals surface area contributed by atoms with Gasteiger partial charge in [-0.25, -0.2) is 13.1 Å². The lowest BCUT2D eigenvalue weighted by atomic mass is 10.1. The van der Waals surface area contributed by atoms with Gasteiger partial charge in [0.2, 0.25) is 15.9 Å². The van der Waals surface area contributed by atoms with Crippen LogP contribution in [0.2, 0.25) is 0 Å². The molecule has 0 amide bonds. The number of aromatic nitrogens is 2. The molecule has 0 bridgehead atoms. The van der Waals surface area contributed by atoms with Crippen molar-refractivity contribution in [1.82, 2.24) is 14.9 Å². The Bertz CT molecular complexity index is 859. The van der Waals surface area contributed by atoms with Crippen LogP contribution in [-0.4, -0.2) is 24.4 Å². The van der Waals surface area contributed by atoms with Crippen molar-refractivity contribution >= 4 is 21.4 Å². The van der Waals surface area contributed by atoms with E-state index in [4.69, 9.17) is 4.42 Å². The Balaban J connectivity index is 1.48. The number of rotatable bonds is 8. The smallest absolute Gasteiger partial charge is 0.257 e. The van der Waals surface area contributed by atoms with Crippen LogP contribution in [0.1, 0.15) is 17.9 Å². The van der Waals surface area contributed by atoms with Crippen LogP contribution in [0.25, 0.3) is 10.8 Å². The van der Waals surface area contributed by atoms with E-state index in [1.165, 1.54) is 11.3 Å². The minimum Gasteiger partial charge on any atom is -0.418 e. The number of hydrogen-bond acceptors (Lipinski definition) is 6. The molecule has 0 saturated heterocycles. The molecule has 8 heteroatoms. The fourth-order valence-electron chi connectivity index (χ4n) is 2.18. The van der Waals surface area contributed by atoms with Crippen molar-refractivity contribution in [1.29, 1.82) is 0 Å². The molecule has 0 unspecified atom stereocenters. The van der Waals surface area contributed by atoms with E-state index in [2.05, 4.69) is 14.9 Å². The van der Waals surface area contributed by atoms with Crippen LogP contribution in [0.4, 0.5) is 0 Å². The summed E-state index contributed by atoms with van der Waals surface area (Å²) >= 11 is 1.49. The fraction of sp³-hybridized carbons (Fsp3) is 0.250. The van der Waals surface area contributed by atoms with Crippen molar-refractivity contribution in [3.8, 4) is 10.8 Å². The number of sulfonamides is 1. The van der Waals surface area contributed by atoms with Gasteiger partial charge in [-0.1, -0.05) is 36.4 Å². The summed E-state index contributed by atoms with van der Waals surface area (Å²) in [5.41, 5.74) is 1.13. The maximum Gasteiger partial charge on any atom is 0.257 e. The highest BCUT2D eigenvalue weighted by atomic mass is 32.2. The van der Waals surface area contributed by atoms with E-state index >= 15 is 0 Å². The van der Waals surface area contributed by atoms with Gasteiger partial charge in [0, 0.05) is 0 Å². The van der Waals surface area contributed by atoms with Gasteiger partial charge in [-0.15, -0.1) is 21.5 Å². The second-order valence-electron chi connectivity index (χ2n) is 5.21. The average molecular weight is 363 g/mol. The summed E-state index contributed by atoms with van der Waals surface area (Å²) in [4.78, 5) is 0.861. The van der Waals surface area contributed by atoms with Crippen molar-refractivity contribution in [3.05, 3.63) is 59.3 Å².